The molecule has 0 amide bonds. The van der Waals surface area contributed by atoms with E-state index in [0.717, 1.165) is 5.92 Å². The molecule has 0 spiro atoms. The van der Waals surface area contributed by atoms with Crippen LogP contribution in [0.3, 0.4) is 0 Å². The zero-order chi connectivity index (χ0) is 50.4. The highest BCUT2D eigenvalue weighted by atomic mass is 14.5. The maximum Gasteiger partial charge on any atom is -0.00541 e. The molecule has 0 saturated heterocycles. The Morgan fingerprint density at radius 2 is 0.457 bits per heavy atom. The zero-order valence-electron chi connectivity index (χ0n) is 50.2. The van der Waals surface area contributed by atoms with E-state index in [1.807, 2.05) is 5.57 Å². The van der Waals surface area contributed by atoms with Crippen LogP contribution in [0.5, 0.6) is 0 Å². The maximum absolute atomic E-state index is 2.35. The largest absolute Gasteiger partial charge is 0.0701 e. The summed E-state index contributed by atoms with van der Waals surface area (Å²) in [6.45, 7) is 11.8. The topological polar surface area (TPSA) is 0 Å². The quantitative estimate of drug-likeness (QED) is 0.0421. The summed E-state index contributed by atoms with van der Waals surface area (Å²) >= 11 is 0. The van der Waals surface area contributed by atoms with Crippen LogP contribution in [-0.4, -0.2) is 0 Å². The third kappa shape index (κ3) is 40.1. The van der Waals surface area contributed by atoms with E-state index in [-0.39, 0.29) is 0 Å². The summed E-state index contributed by atoms with van der Waals surface area (Å²) in [7, 11) is 0. The Morgan fingerprint density at radius 1 is 0.243 bits per heavy atom. The van der Waals surface area contributed by atoms with Gasteiger partial charge in [0.2, 0.25) is 0 Å². The Kier molecular flexibility index (Phi) is 53.2. The van der Waals surface area contributed by atoms with Gasteiger partial charge in [-0.1, -0.05) is 386 Å². The van der Waals surface area contributed by atoms with Crippen molar-refractivity contribution in [3.8, 4) is 0 Å². The molecule has 0 bridgehead atoms. The summed E-state index contributed by atoms with van der Waals surface area (Å²) < 4.78 is 0. The third-order valence-corrected chi connectivity index (χ3v) is 18.0. The van der Waals surface area contributed by atoms with Crippen molar-refractivity contribution in [1.29, 1.82) is 0 Å². The highest BCUT2D eigenvalue weighted by Crippen LogP contribution is 2.58. The molecule has 0 heterocycles. The van der Waals surface area contributed by atoms with Gasteiger partial charge in [-0.05, 0) is 62.7 Å². The summed E-state index contributed by atoms with van der Waals surface area (Å²) in [5.74, 6) is 0.947. The second-order valence-electron chi connectivity index (χ2n) is 24.6. The number of hydrogen-bond acceptors (Lipinski definition) is 0. The predicted molar refractivity (Wildman–Crippen MR) is 323 cm³/mol. The van der Waals surface area contributed by atoms with Crippen molar-refractivity contribution in [2.75, 3.05) is 0 Å². The van der Waals surface area contributed by atoms with Gasteiger partial charge in [0.15, 0.2) is 0 Å². The molecule has 0 aromatic rings. The van der Waals surface area contributed by atoms with Crippen LogP contribution in [0.25, 0.3) is 0 Å². The minimum absolute atomic E-state index is 0.530. The van der Waals surface area contributed by atoms with E-state index in [0.29, 0.717) is 5.41 Å². The van der Waals surface area contributed by atoms with E-state index in [2.05, 4.69) is 40.2 Å². The lowest BCUT2D eigenvalue weighted by molar-refractivity contribution is 0.165. The highest BCUT2D eigenvalue weighted by Gasteiger charge is 2.46. The average molecular weight is 980 g/mol. The first-order chi connectivity index (χ1) is 34.7. The van der Waals surface area contributed by atoms with Gasteiger partial charge in [-0.15, -0.1) is 0 Å². The molecular formula is C70H138. The number of hydrogen-bond donors (Lipinski definition) is 0. The van der Waals surface area contributed by atoms with Crippen LogP contribution in [0, 0.1) is 11.3 Å². The van der Waals surface area contributed by atoms with Gasteiger partial charge in [0.25, 0.3) is 0 Å². The van der Waals surface area contributed by atoms with E-state index in [1.54, 1.807) is 12.8 Å². The van der Waals surface area contributed by atoms with E-state index in [1.165, 1.54) is 379 Å². The second-order valence-corrected chi connectivity index (χ2v) is 24.6. The van der Waals surface area contributed by atoms with Crippen molar-refractivity contribution < 1.29 is 0 Å². The summed E-state index contributed by atoms with van der Waals surface area (Å²) in [6, 6.07) is 0. The molecule has 1 aliphatic carbocycles. The maximum atomic E-state index is 2.35. The molecule has 1 aliphatic rings. The van der Waals surface area contributed by atoms with Gasteiger partial charge in [0.05, 0.1) is 0 Å². The zero-order valence-corrected chi connectivity index (χ0v) is 50.2. The van der Waals surface area contributed by atoms with Crippen LogP contribution in [0.15, 0.2) is 11.1 Å². The van der Waals surface area contributed by atoms with E-state index < -0.39 is 0 Å². The summed E-state index contributed by atoms with van der Waals surface area (Å²) in [6.07, 6.45) is 90.0. The van der Waals surface area contributed by atoms with Gasteiger partial charge >= 0.3 is 0 Å². The standard InChI is InChI=1S/C70H138/c1-6-11-16-21-26-31-36-41-46-51-56-61-67-66-68(62-57-52-47-42-37-32-27-22-17-12-7-2)70(64-59-54-49-44-39-34-29-24-19-14-9-4,65-60-55-50-45-40-35-30-25-20-15-10-5)69(67)63-58-53-48-43-38-33-28-23-18-13-8-3/h68H,6-66H2,1-5H3. The average Bonchev–Trinajstić information content (AvgIpc) is 3.65. The molecule has 0 fully saturated rings. The van der Waals surface area contributed by atoms with Crippen LogP contribution >= 0.6 is 0 Å². The minimum Gasteiger partial charge on any atom is -0.0701 e. The Labute approximate surface area is 446 Å². The summed E-state index contributed by atoms with van der Waals surface area (Å²) in [5.41, 5.74) is 4.69. The first-order valence-corrected chi connectivity index (χ1v) is 34.4. The normalized spacial score (nSPS) is 14.8. The van der Waals surface area contributed by atoms with Crippen molar-refractivity contribution >= 4 is 0 Å². The van der Waals surface area contributed by atoms with Crippen LogP contribution in [0.4, 0.5) is 0 Å². The van der Waals surface area contributed by atoms with Crippen molar-refractivity contribution in [3.05, 3.63) is 11.1 Å². The molecule has 1 rings (SSSR count). The molecule has 418 valence electrons. The van der Waals surface area contributed by atoms with Gasteiger partial charge in [-0.2, -0.15) is 0 Å². The predicted octanol–water partition coefficient (Wildman–Crippen LogP) is 26.8. The Morgan fingerprint density at radius 3 is 0.729 bits per heavy atom. The third-order valence-electron chi connectivity index (χ3n) is 18.0. The Balaban J connectivity index is 3.16. The highest BCUT2D eigenvalue weighted by molar-refractivity contribution is 5.31. The monoisotopic (exact) mass is 979 g/mol. The van der Waals surface area contributed by atoms with Gasteiger partial charge in [0, 0.05) is 0 Å². The SMILES string of the molecule is CCCCCCCCCCCCCC1=C(CCCCCCCCCCCCC)C(CCCCCCCCCCCCC)(CCCCCCCCCCCCC)C(CCCCCCCCCCCCC)C1. The molecule has 0 aliphatic heterocycles. The molecule has 0 radical (unpaired) electrons. The number of allylic oxidation sites excluding steroid dienone is 2. The molecule has 1 atom stereocenters. The summed E-state index contributed by atoms with van der Waals surface area (Å²) in [5, 5.41) is 0. The van der Waals surface area contributed by atoms with Crippen molar-refractivity contribution in [2.45, 2.75) is 426 Å². The first kappa shape index (κ1) is 67.8. The van der Waals surface area contributed by atoms with Crippen molar-refractivity contribution in [3.63, 3.8) is 0 Å². The lowest BCUT2D eigenvalue weighted by atomic mass is 9.64. The Hall–Kier alpha value is -0.260. The fourth-order valence-electron chi connectivity index (χ4n) is 13.3. The second kappa shape index (κ2) is 55.0. The first-order valence-electron chi connectivity index (χ1n) is 34.4. The minimum atomic E-state index is 0.530. The molecule has 0 N–H and O–H groups in total. The van der Waals surface area contributed by atoms with Gasteiger partial charge in [-0.3, -0.25) is 0 Å². The van der Waals surface area contributed by atoms with Crippen LogP contribution in [-0.2, 0) is 0 Å². The van der Waals surface area contributed by atoms with E-state index in [9.17, 15) is 0 Å². The van der Waals surface area contributed by atoms with Crippen LogP contribution in [0.1, 0.15) is 426 Å². The number of unbranched alkanes of at least 4 members (excludes halogenated alkanes) is 50. The lowest BCUT2D eigenvalue weighted by Crippen LogP contribution is -2.29. The van der Waals surface area contributed by atoms with Gasteiger partial charge < -0.3 is 0 Å². The van der Waals surface area contributed by atoms with Gasteiger partial charge in [-0.25, -0.2) is 0 Å². The smallest absolute Gasteiger partial charge is 0.00541 e. The fourth-order valence-corrected chi connectivity index (χ4v) is 13.3. The van der Waals surface area contributed by atoms with E-state index in [4.69, 9.17) is 0 Å². The Bertz CT molecular complexity index is 991. The molecule has 1 unspecified atom stereocenters. The molecule has 70 heavy (non-hydrogen) atoms. The van der Waals surface area contributed by atoms with Crippen molar-refractivity contribution in [1.82, 2.24) is 0 Å². The summed E-state index contributed by atoms with van der Waals surface area (Å²) in [4.78, 5) is 0. The fraction of sp³-hybridized carbons (Fsp3) is 0.971. The lowest BCUT2D eigenvalue weighted by Gasteiger charge is -2.40. The number of rotatable bonds is 60. The van der Waals surface area contributed by atoms with Crippen LogP contribution in [0.2, 0.25) is 0 Å². The molecular weight excluding hydrogens is 841 g/mol. The molecule has 0 aromatic carbocycles. The molecule has 0 saturated carbocycles. The van der Waals surface area contributed by atoms with E-state index >= 15 is 0 Å². The molecule has 0 heteroatoms. The van der Waals surface area contributed by atoms with Crippen LogP contribution < -0.4 is 0 Å². The van der Waals surface area contributed by atoms with Crippen molar-refractivity contribution in [2.24, 2.45) is 11.3 Å². The molecule has 0 aromatic heterocycles. The van der Waals surface area contributed by atoms with Gasteiger partial charge in [0.1, 0.15) is 0 Å². The molecule has 0 nitrogen and oxygen atoms in total.